The molecule has 0 amide bonds. The largest absolute Gasteiger partial charge is 0.497 e. The fraction of sp³-hybridized carbons (Fsp3) is 0.429. The molecule has 1 aliphatic heterocycles. The zero-order valence-electron chi connectivity index (χ0n) is 10.6. The van der Waals surface area contributed by atoms with Gasteiger partial charge in [0.2, 0.25) is 0 Å². The standard InChI is InChI=1S/C14H18N2O2/c1-17-12-2-3-13-11(10-18-14(13)8-12)9-16-6-4-15-5-7-16/h2-3,8,10,15H,4-7,9H2,1H3. The SMILES string of the molecule is COc1ccc2c(CN3CCNCC3)coc2c1. The number of benzene rings is 1. The maximum atomic E-state index is 5.61. The summed E-state index contributed by atoms with van der Waals surface area (Å²) < 4.78 is 10.8. The van der Waals surface area contributed by atoms with Crippen molar-refractivity contribution in [1.29, 1.82) is 0 Å². The molecule has 0 saturated carbocycles. The van der Waals surface area contributed by atoms with Crippen LogP contribution in [0.15, 0.2) is 28.9 Å². The van der Waals surface area contributed by atoms with Gasteiger partial charge < -0.3 is 14.5 Å². The summed E-state index contributed by atoms with van der Waals surface area (Å²) in [6.45, 7) is 5.31. The number of piperazine rings is 1. The molecule has 0 atom stereocenters. The molecule has 1 fully saturated rings. The molecular formula is C14H18N2O2. The monoisotopic (exact) mass is 246 g/mol. The van der Waals surface area contributed by atoms with E-state index in [-0.39, 0.29) is 0 Å². The lowest BCUT2D eigenvalue weighted by molar-refractivity contribution is 0.233. The van der Waals surface area contributed by atoms with E-state index in [0.717, 1.165) is 44.1 Å². The molecule has 0 unspecified atom stereocenters. The Labute approximate surface area is 107 Å². The summed E-state index contributed by atoms with van der Waals surface area (Å²) in [7, 11) is 1.67. The Balaban J connectivity index is 1.83. The molecule has 1 saturated heterocycles. The van der Waals surface area contributed by atoms with E-state index >= 15 is 0 Å². The highest BCUT2D eigenvalue weighted by atomic mass is 16.5. The van der Waals surface area contributed by atoms with Crippen molar-refractivity contribution in [2.24, 2.45) is 0 Å². The molecule has 0 radical (unpaired) electrons. The van der Waals surface area contributed by atoms with Gasteiger partial charge in [-0.05, 0) is 12.1 Å². The van der Waals surface area contributed by atoms with E-state index < -0.39 is 0 Å². The van der Waals surface area contributed by atoms with Crippen LogP contribution in [0.4, 0.5) is 0 Å². The van der Waals surface area contributed by atoms with E-state index in [4.69, 9.17) is 9.15 Å². The van der Waals surface area contributed by atoms with Gasteiger partial charge in [0.1, 0.15) is 11.3 Å². The van der Waals surface area contributed by atoms with Crippen LogP contribution in [-0.2, 0) is 6.54 Å². The van der Waals surface area contributed by atoms with Crippen molar-refractivity contribution in [2.45, 2.75) is 6.54 Å². The average Bonchev–Trinajstić information content (AvgIpc) is 2.82. The first-order valence-corrected chi connectivity index (χ1v) is 6.34. The van der Waals surface area contributed by atoms with Crippen molar-refractivity contribution in [3.8, 4) is 5.75 Å². The lowest BCUT2D eigenvalue weighted by Gasteiger charge is -2.26. The molecule has 2 aromatic rings. The van der Waals surface area contributed by atoms with E-state index in [9.17, 15) is 0 Å². The molecule has 4 heteroatoms. The fourth-order valence-corrected chi connectivity index (χ4v) is 2.42. The maximum Gasteiger partial charge on any atom is 0.137 e. The van der Waals surface area contributed by atoms with Crippen molar-refractivity contribution in [2.75, 3.05) is 33.3 Å². The van der Waals surface area contributed by atoms with Crippen LogP contribution in [0, 0.1) is 0 Å². The number of fused-ring (bicyclic) bond motifs is 1. The first kappa shape index (κ1) is 11.6. The minimum atomic E-state index is 0.838. The number of rotatable bonds is 3. The minimum absolute atomic E-state index is 0.838. The topological polar surface area (TPSA) is 37.6 Å². The Kier molecular flexibility index (Phi) is 3.21. The zero-order valence-corrected chi connectivity index (χ0v) is 10.6. The summed E-state index contributed by atoms with van der Waals surface area (Å²) in [6.07, 6.45) is 1.87. The fourth-order valence-electron chi connectivity index (χ4n) is 2.42. The number of hydrogen-bond acceptors (Lipinski definition) is 4. The lowest BCUT2D eigenvalue weighted by atomic mass is 10.1. The van der Waals surface area contributed by atoms with E-state index in [1.54, 1.807) is 7.11 Å². The summed E-state index contributed by atoms with van der Waals surface area (Å²) in [5.41, 5.74) is 2.16. The third kappa shape index (κ3) is 2.21. The van der Waals surface area contributed by atoms with Gasteiger partial charge in [-0.25, -0.2) is 0 Å². The highest BCUT2D eigenvalue weighted by Crippen LogP contribution is 2.26. The summed E-state index contributed by atoms with van der Waals surface area (Å²) in [4.78, 5) is 2.45. The van der Waals surface area contributed by atoms with Crippen LogP contribution in [0.3, 0.4) is 0 Å². The second kappa shape index (κ2) is 5.00. The Morgan fingerprint density at radius 3 is 2.94 bits per heavy atom. The van der Waals surface area contributed by atoms with Crippen molar-refractivity contribution >= 4 is 11.0 Å². The van der Waals surface area contributed by atoms with Gasteiger partial charge in [0.15, 0.2) is 0 Å². The first-order valence-electron chi connectivity index (χ1n) is 6.34. The van der Waals surface area contributed by atoms with E-state index in [1.807, 2.05) is 18.4 Å². The molecule has 18 heavy (non-hydrogen) atoms. The Morgan fingerprint density at radius 2 is 2.17 bits per heavy atom. The smallest absolute Gasteiger partial charge is 0.137 e. The van der Waals surface area contributed by atoms with E-state index in [0.29, 0.717) is 0 Å². The summed E-state index contributed by atoms with van der Waals surface area (Å²) in [6, 6.07) is 6.00. The van der Waals surface area contributed by atoms with Crippen LogP contribution >= 0.6 is 0 Å². The van der Waals surface area contributed by atoms with Crippen LogP contribution in [0.1, 0.15) is 5.56 Å². The summed E-state index contributed by atoms with van der Waals surface area (Å²) in [5, 5.41) is 4.55. The number of ether oxygens (including phenoxy) is 1. The van der Waals surface area contributed by atoms with Gasteiger partial charge in [0.25, 0.3) is 0 Å². The van der Waals surface area contributed by atoms with Gasteiger partial charge >= 0.3 is 0 Å². The normalized spacial score (nSPS) is 17.2. The average molecular weight is 246 g/mol. The number of hydrogen-bond donors (Lipinski definition) is 1. The predicted octanol–water partition coefficient (Wildman–Crippen LogP) is 1.85. The van der Waals surface area contributed by atoms with Crippen LogP contribution in [-0.4, -0.2) is 38.2 Å². The molecule has 1 aromatic carbocycles. The molecule has 0 spiro atoms. The quantitative estimate of drug-likeness (QED) is 0.897. The van der Waals surface area contributed by atoms with E-state index in [1.165, 1.54) is 10.9 Å². The molecule has 4 nitrogen and oxygen atoms in total. The maximum absolute atomic E-state index is 5.61. The lowest BCUT2D eigenvalue weighted by Crippen LogP contribution is -2.42. The Hall–Kier alpha value is -1.52. The first-order chi connectivity index (χ1) is 8.86. The minimum Gasteiger partial charge on any atom is -0.497 e. The molecule has 3 rings (SSSR count). The summed E-state index contributed by atoms with van der Waals surface area (Å²) >= 11 is 0. The van der Waals surface area contributed by atoms with Crippen molar-refractivity contribution in [1.82, 2.24) is 10.2 Å². The molecule has 96 valence electrons. The van der Waals surface area contributed by atoms with Crippen molar-refractivity contribution < 1.29 is 9.15 Å². The predicted molar refractivity (Wildman–Crippen MR) is 70.9 cm³/mol. The third-order valence-electron chi connectivity index (χ3n) is 3.47. The molecular weight excluding hydrogens is 228 g/mol. The second-order valence-corrected chi connectivity index (χ2v) is 4.65. The highest BCUT2D eigenvalue weighted by molar-refractivity contribution is 5.82. The molecule has 2 heterocycles. The van der Waals surface area contributed by atoms with Gasteiger partial charge in [0.05, 0.1) is 13.4 Å². The van der Waals surface area contributed by atoms with Gasteiger partial charge in [-0.2, -0.15) is 0 Å². The van der Waals surface area contributed by atoms with Gasteiger partial charge in [0, 0.05) is 49.7 Å². The molecule has 0 aliphatic carbocycles. The molecule has 0 bridgehead atoms. The highest BCUT2D eigenvalue weighted by Gasteiger charge is 2.13. The number of furan rings is 1. The van der Waals surface area contributed by atoms with Crippen molar-refractivity contribution in [3.63, 3.8) is 0 Å². The molecule has 1 aromatic heterocycles. The number of nitrogens with one attached hydrogen (secondary N) is 1. The molecule has 1 N–H and O–H groups in total. The van der Waals surface area contributed by atoms with E-state index in [2.05, 4.69) is 16.3 Å². The zero-order chi connectivity index (χ0) is 12.4. The molecule has 1 aliphatic rings. The van der Waals surface area contributed by atoms with Crippen LogP contribution in [0.25, 0.3) is 11.0 Å². The van der Waals surface area contributed by atoms with Crippen LogP contribution < -0.4 is 10.1 Å². The summed E-state index contributed by atoms with van der Waals surface area (Å²) in [5.74, 6) is 0.838. The van der Waals surface area contributed by atoms with Gasteiger partial charge in [-0.3, -0.25) is 4.90 Å². The van der Waals surface area contributed by atoms with Gasteiger partial charge in [-0.15, -0.1) is 0 Å². The van der Waals surface area contributed by atoms with Crippen molar-refractivity contribution in [3.05, 3.63) is 30.0 Å². The van der Waals surface area contributed by atoms with Crippen LogP contribution in [0.5, 0.6) is 5.75 Å². The number of nitrogens with zero attached hydrogens (tertiary/aromatic N) is 1. The Morgan fingerprint density at radius 1 is 1.33 bits per heavy atom. The Bertz CT molecular complexity index is 530. The number of methoxy groups -OCH3 is 1. The second-order valence-electron chi connectivity index (χ2n) is 4.65. The van der Waals surface area contributed by atoms with Gasteiger partial charge in [-0.1, -0.05) is 0 Å². The van der Waals surface area contributed by atoms with Crippen LogP contribution in [0.2, 0.25) is 0 Å². The third-order valence-corrected chi connectivity index (χ3v) is 3.47.